The van der Waals surface area contributed by atoms with E-state index in [1.807, 2.05) is 6.92 Å². The first-order chi connectivity index (χ1) is 6.49. The minimum absolute atomic E-state index is 0.116. The van der Waals surface area contributed by atoms with E-state index in [2.05, 4.69) is 5.32 Å². The van der Waals surface area contributed by atoms with E-state index < -0.39 is 11.4 Å². The molecule has 2 saturated carbocycles. The average molecular weight is 197 g/mol. The van der Waals surface area contributed by atoms with Crippen LogP contribution in [0.5, 0.6) is 0 Å². The van der Waals surface area contributed by atoms with Crippen molar-refractivity contribution in [1.82, 2.24) is 5.32 Å². The van der Waals surface area contributed by atoms with E-state index in [1.165, 1.54) is 0 Å². The predicted octanol–water partition coefficient (Wildman–Crippen LogP) is 0.910. The van der Waals surface area contributed by atoms with Crippen LogP contribution in [0.2, 0.25) is 0 Å². The molecule has 0 spiro atoms. The molecule has 1 amide bonds. The SMILES string of the molecule is CC1(NC(=O)C2(C(=O)O)CCC2)CC1. The molecule has 0 aromatic heterocycles. The van der Waals surface area contributed by atoms with Crippen molar-refractivity contribution in [2.45, 2.75) is 44.6 Å². The van der Waals surface area contributed by atoms with Crippen LogP contribution in [0.3, 0.4) is 0 Å². The topological polar surface area (TPSA) is 66.4 Å². The van der Waals surface area contributed by atoms with Crippen molar-refractivity contribution in [3.8, 4) is 0 Å². The third-order valence-electron chi connectivity index (χ3n) is 3.47. The number of carbonyl (C=O) groups excluding carboxylic acids is 1. The minimum atomic E-state index is -1.11. The van der Waals surface area contributed by atoms with Gasteiger partial charge < -0.3 is 10.4 Å². The van der Waals surface area contributed by atoms with Gasteiger partial charge in [-0.3, -0.25) is 9.59 Å². The summed E-state index contributed by atoms with van der Waals surface area (Å²) in [6.07, 6.45) is 3.76. The van der Waals surface area contributed by atoms with Crippen molar-refractivity contribution in [2.24, 2.45) is 5.41 Å². The second-order valence-electron chi connectivity index (χ2n) is 4.76. The summed E-state index contributed by atoms with van der Waals surface area (Å²) in [5.74, 6) is -1.25. The van der Waals surface area contributed by atoms with Gasteiger partial charge in [0.1, 0.15) is 5.41 Å². The van der Waals surface area contributed by atoms with Crippen molar-refractivity contribution in [3.63, 3.8) is 0 Å². The van der Waals surface area contributed by atoms with Gasteiger partial charge in [0.05, 0.1) is 0 Å². The van der Waals surface area contributed by atoms with Gasteiger partial charge in [-0.2, -0.15) is 0 Å². The smallest absolute Gasteiger partial charge is 0.319 e. The third kappa shape index (κ3) is 1.29. The average Bonchev–Trinajstić information content (AvgIpc) is 2.63. The van der Waals surface area contributed by atoms with Crippen LogP contribution in [0.15, 0.2) is 0 Å². The Morgan fingerprint density at radius 2 is 1.79 bits per heavy atom. The number of carboxylic acids is 1. The normalized spacial score (nSPS) is 26.1. The first kappa shape index (κ1) is 9.49. The van der Waals surface area contributed by atoms with Crippen LogP contribution in [0.4, 0.5) is 0 Å². The number of hydrogen-bond donors (Lipinski definition) is 2. The zero-order valence-corrected chi connectivity index (χ0v) is 8.30. The standard InChI is InChI=1S/C10H15NO3/c1-9(5-6-9)11-7(12)10(8(13)14)3-2-4-10/h2-6H2,1H3,(H,11,12)(H,13,14). The second kappa shape index (κ2) is 2.72. The lowest BCUT2D eigenvalue weighted by molar-refractivity contribution is -0.162. The first-order valence-corrected chi connectivity index (χ1v) is 5.05. The largest absolute Gasteiger partial charge is 0.480 e. The van der Waals surface area contributed by atoms with E-state index in [9.17, 15) is 9.59 Å². The molecule has 0 aliphatic heterocycles. The molecule has 2 aliphatic rings. The highest BCUT2D eigenvalue weighted by molar-refractivity contribution is 6.03. The molecule has 0 bridgehead atoms. The van der Waals surface area contributed by atoms with Gasteiger partial charge in [0.15, 0.2) is 0 Å². The molecule has 0 aromatic carbocycles. The van der Waals surface area contributed by atoms with Gasteiger partial charge in [-0.25, -0.2) is 0 Å². The highest BCUT2D eigenvalue weighted by atomic mass is 16.4. The highest BCUT2D eigenvalue weighted by Crippen LogP contribution is 2.43. The molecule has 2 N–H and O–H groups in total. The van der Waals surface area contributed by atoms with E-state index in [0.29, 0.717) is 12.8 Å². The fraction of sp³-hybridized carbons (Fsp3) is 0.800. The molecule has 0 saturated heterocycles. The van der Waals surface area contributed by atoms with Gasteiger partial charge in [0.25, 0.3) is 0 Å². The molecule has 4 nitrogen and oxygen atoms in total. The van der Waals surface area contributed by atoms with Crippen LogP contribution < -0.4 is 5.32 Å². The van der Waals surface area contributed by atoms with E-state index in [4.69, 9.17) is 5.11 Å². The van der Waals surface area contributed by atoms with Crippen molar-refractivity contribution in [1.29, 1.82) is 0 Å². The Labute approximate surface area is 82.7 Å². The van der Waals surface area contributed by atoms with Crippen LogP contribution in [-0.2, 0) is 9.59 Å². The lowest BCUT2D eigenvalue weighted by Crippen LogP contribution is -2.53. The van der Waals surface area contributed by atoms with Crippen LogP contribution >= 0.6 is 0 Å². The maximum Gasteiger partial charge on any atom is 0.319 e. The van der Waals surface area contributed by atoms with Crippen molar-refractivity contribution in [2.75, 3.05) is 0 Å². The molecule has 0 aromatic rings. The Hall–Kier alpha value is -1.06. The summed E-state index contributed by atoms with van der Waals surface area (Å²) in [5.41, 5.74) is -1.22. The number of carbonyl (C=O) groups is 2. The summed E-state index contributed by atoms with van der Waals surface area (Å²) in [4.78, 5) is 22.7. The van der Waals surface area contributed by atoms with E-state index in [-0.39, 0.29) is 11.4 Å². The highest BCUT2D eigenvalue weighted by Gasteiger charge is 2.53. The molecule has 0 radical (unpaired) electrons. The number of rotatable bonds is 3. The van der Waals surface area contributed by atoms with E-state index in [0.717, 1.165) is 19.3 Å². The Morgan fingerprint density at radius 1 is 1.21 bits per heavy atom. The lowest BCUT2D eigenvalue weighted by Gasteiger charge is -2.36. The Balaban J connectivity index is 2.05. The number of carboxylic acid groups (broad SMARTS) is 1. The van der Waals surface area contributed by atoms with Crippen LogP contribution in [0.1, 0.15) is 39.0 Å². The zero-order valence-electron chi connectivity index (χ0n) is 8.30. The Bertz CT molecular complexity index is 290. The summed E-state index contributed by atoms with van der Waals surface area (Å²) >= 11 is 0. The minimum Gasteiger partial charge on any atom is -0.480 e. The Kier molecular flexibility index (Phi) is 1.84. The summed E-state index contributed by atoms with van der Waals surface area (Å²) in [6, 6.07) is 0. The van der Waals surface area contributed by atoms with Gasteiger partial charge in [0.2, 0.25) is 5.91 Å². The number of nitrogens with one attached hydrogen (secondary N) is 1. The molecule has 14 heavy (non-hydrogen) atoms. The van der Waals surface area contributed by atoms with Crippen LogP contribution in [-0.4, -0.2) is 22.5 Å². The molecular weight excluding hydrogens is 182 g/mol. The summed E-state index contributed by atoms with van der Waals surface area (Å²) < 4.78 is 0. The van der Waals surface area contributed by atoms with Crippen LogP contribution in [0, 0.1) is 5.41 Å². The quantitative estimate of drug-likeness (QED) is 0.661. The van der Waals surface area contributed by atoms with Crippen molar-refractivity contribution in [3.05, 3.63) is 0 Å². The van der Waals surface area contributed by atoms with Crippen molar-refractivity contribution < 1.29 is 14.7 Å². The molecule has 2 fully saturated rings. The van der Waals surface area contributed by atoms with Gasteiger partial charge in [-0.05, 0) is 32.6 Å². The maximum absolute atomic E-state index is 11.8. The molecule has 0 atom stereocenters. The maximum atomic E-state index is 11.8. The van der Waals surface area contributed by atoms with Crippen molar-refractivity contribution >= 4 is 11.9 Å². The monoisotopic (exact) mass is 197 g/mol. The third-order valence-corrected chi connectivity index (χ3v) is 3.47. The van der Waals surface area contributed by atoms with Crippen LogP contribution in [0.25, 0.3) is 0 Å². The van der Waals surface area contributed by atoms with E-state index >= 15 is 0 Å². The van der Waals surface area contributed by atoms with Gasteiger partial charge in [0, 0.05) is 5.54 Å². The number of aliphatic carboxylic acids is 1. The fourth-order valence-electron chi connectivity index (χ4n) is 1.77. The van der Waals surface area contributed by atoms with Gasteiger partial charge in [-0.1, -0.05) is 6.42 Å². The molecule has 2 rings (SSSR count). The molecule has 0 unspecified atom stereocenters. The zero-order chi connectivity index (χ0) is 10.4. The predicted molar refractivity (Wildman–Crippen MR) is 49.7 cm³/mol. The second-order valence-corrected chi connectivity index (χ2v) is 4.76. The summed E-state index contributed by atoms with van der Waals surface area (Å²) in [7, 11) is 0. The molecule has 78 valence electrons. The Morgan fingerprint density at radius 3 is 2.07 bits per heavy atom. The first-order valence-electron chi connectivity index (χ1n) is 5.05. The lowest BCUT2D eigenvalue weighted by atomic mass is 9.68. The number of amides is 1. The molecule has 0 heterocycles. The molecule has 4 heteroatoms. The van der Waals surface area contributed by atoms with E-state index in [1.54, 1.807) is 0 Å². The van der Waals surface area contributed by atoms with Gasteiger partial charge >= 0.3 is 5.97 Å². The summed E-state index contributed by atoms with van der Waals surface area (Å²) in [6.45, 7) is 1.96. The molecule has 2 aliphatic carbocycles. The number of hydrogen-bond acceptors (Lipinski definition) is 2. The van der Waals surface area contributed by atoms with Gasteiger partial charge in [-0.15, -0.1) is 0 Å². The molecular formula is C10H15NO3. The summed E-state index contributed by atoms with van der Waals surface area (Å²) in [5, 5.41) is 11.8. The fourth-order valence-corrected chi connectivity index (χ4v) is 1.77.